The average Bonchev–Trinajstić information content (AvgIpc) is 2.60. The van der Waals surface area contributed by atoms with Gasteiger partial charge in [-0.05, 0) is 35.3 Å². The summed E-state index contributed by atoms with van der Waals surface area (Å²) in [5.74, 6) is 0. The van der Waals surface area contributed by atoms with Gasteiger partial charge in [0, 0.05) is 19.8 Å². The lowest BCUT2D eigenvalue weighted by atomic mass is 10.5. The van der Waals surface area contributed by atoms with Gasteiger partial charge in [-0.1, -0.05) is 11.6 Å². The van der Waals surface area contributed by atoms with Gasteiger partial charge in [0.2, 0.25) is 10.0 Å². The Morgan fingerprint density at radius 3 is 2.82 bits per heavy atom. The second kappa shape index (κ2) is 7.06. The van der Waals surface area contributed by atoms with E-state index in [0.717, 1.165) is 11.3 Å². The van der Waals surface area contributed by atoms with E-state index in [9.17, 15) is 8.42 Å². The van der Waals surface area contributed by atoms with Crippen molar-refractivity contribution in [2.24, 2.45) is 0 Å². The molecule has 0 spiro atoms. The molecule has 8 heteroatoms. The minimum atomic E-state index is -3.45. The van der Waals surface area contributed by atoms with Crippen molar-refractivity contribution < 1.29 is 13.2 Å². The molecule has 4 nitrogen and oxygen atoms in total. The van der Waals surface area contributed by atoms with Gasteiger partial charge in [-0.15, -0.1) is 11.3 Å². The smallest absolute Gasteiger partial charge is 0.250 e. The number of halogens is 2. The fraction of sp³-hybridized carbons (Fsp3) is 0.556. The maximum atomic E-state index is 11.8. The van der Waals surface area contributed by atoms with Crippen LogP contribution in [0.4, 0.5) is 0 Å². The molecular formula is C9H13BrClNO3S2. The molecule has 0 aliphatic carbocycles. The summed E-state index contributed by atoms with van der Waals surface area (Å²) in [5, 5.41) is 0.407. The third-order valence-corrected chi connectivity index (χ3v) is 6.26. The van der Waals surface area contributed by atoms with Crippen LogP contribution >= 0.6 is 38.9 Å². The Morgan fingerprint density at radius 2 is 2.29 bits per heavy atom. The van der Waals surface area contributed by atoms with Crippen molar-refractivity contribution >= 4 is 48.9 Å². The summed E-state index contributed by atoms with van der Waals surface area (Å²) in [4.78, 5) is 0. The van der Waals surface area contributed by atoms with E-state index < -0.39 is 10.0 Å². The van der Waals surface area contributed by atoms with Gasteiger partial charge < -0.3 is 4.74 Å². The van der Waals surface area contributed by atoms with Gasteiger partial charge in [0.05, 0.1) is 8.81 Å². The van der Waals surface area contributed by atoms with Crippen molar-refractivity contribution in [1.29, 1.82) is 0 Å². The van der Waals surface area contributed by atoms with Crippen molar-refractivity contribution in [3.8, 4) is 0 Å². The number of hydrogen-bond donors (Lipinski definition) is 1. The highest BCUT2D eigenvalue weighted by Gasteiger charge is 2.18. The molecule has 0 amide bonds. The van der Waals surface area contributed by atoms with Crippen LogP contribution in [0.25, 0.3) is 0 Å². The number of ether oxygens (including phenoxy) is 1. The van der Waals surface area contributed by atoms with Crippen LogP contribution in [0.3, 0.4) is 0 Å². The van der Waals surface area contributed by atoms with Crippen molar-refractivity contribution in [1.82, 2.24) is 4.72 Å². The normalized spacial score (nSPS) is 11.9. The largest absolute Gasteiger partial charge is 0.382 e. The number of rotatable bonds is 7. The molecule has 0 bridgehead atoms. The Labute approximate surface area is 118 Å². The molecule has 1 rings (SSSR count). The molecule has 0 aromatic carbocycles. The SMILES string of the molecule is CCOCCCNS(=O)(=O)c1cc(Cl)c(Br)s1. The number of thiophene rings is 1. The van der Waals surface area contributed by atoms with Crippen LogP contribution in [0.2, 0.25) is 5.02 Å². The van der Waals surface area contributed by atoms with E-state index in [1.165, 1.54) is 6.07 Å². The summed E-state index contributed by atoms with van der Waals surface area (Å²) in [6, 6.07) is 1.43. The lowest BCUT2D eigenvalue weighted by Gasteiger charge is -2.04. The number of hydrogen-bond acceptors (Lipinski definition) is 4. The average molecular weight is 363 g/mol. The lowest BCUT2D eigenvalue weighted by Crippen LogP contribution is -2.24. The molecule has 1 N–H and O–H groups in total. The second-order valence-corrected chi connectivity index (χ2v) is 7.91. The van der Waals surface area contributed by atoms with Crippen molar-refractivity contribution in [3.63, 3.8) is 0 Å². The quantitative estimate of drug-likeness (QED) is 0.759. The predicted octanol–water partition coefficient (Wildman–Crippen LogP) is 2.87. The molecule has 0 aliphatic rings. The first-order chi connectivity index (χ1) is 7.97. The Kier molecular flexibility index (Phi) is 6.39. The van der Waals surface area contributed by atoms with E-state index in [1.54, 1.807) is 0 Å². The highest BCUT2D eigenvalue weighted by atomic mass is 79.9. The summed E-state index contributed by atoms with van der Waals surface area (Å²) >= 11 is 10.1. The highest BCUT2D eigenvalue weighted by Crippen LogP contribution is 2.34. The van der Waals surface area contributed by atoms with E-state index in [0.29, 0.717) is 35.0 Å². The van der Waals surface area contributed by atoms with E-state index >= 15 is 0 Å². The molecule has 0 saturated carbocycles. The molecule has 0 unspecified atom stereocenters. The predicted molar refractivity (Wildman–Crippen MR) is 73.3 cm³/mol. The maximum Gasteiger partial charge on any atom is 0.250 e. The first-order valence-corrected chi connectivity index (χ1v) is 8.46. The van der Waals surface area contributed by atoms with E-state index in [4.69, 9.17) is 16.3 Å². The first kappa shape index (κ1) is 15.4. The van der Waals surface area contributed by atoms with Crippen LogP contribution in [0, 0.1) is 0 Å². The summed E-state index contributed by atoms with van der Waals surface area (Å²) in [5.41, 5.74) is 0. The highest BCUT2D eigenvalue weighted by molar-refractivity contribution is 9.11. The minimum Gasteiger partial charge on any atom is -0.382 e. The molecule has 0 aliphatic heterocycles. The number of nitrogens with one attached hydrogen (secondary N) is 1. The van der Waals surface area contributed by atoms with Gasteiger partial charge in [-0.3, -0.25) is 0 Å². The monoisotopic (exact) mass is 361 g/mol. The van der Waals surface area contributed by atoms with Gasteiger partial charge in [0.15, 0.2) is 0 Å². The number of sulfonamides is 1. The standard InChI is InChI=1S/C9H13BrClNO3S2/c1-2-15-5-3-4-12-17(13,14)8-6-7(11)9(10)16-8/h6,12H,2-5H2,1H3. The van der Waals surface area contributed by atoms with E-state index in [2.05, 4.69) is 20.7 Å². The zero-order valence-corrected chi connectivity index (χ0v) is 13.2. The minimum absolute atomic E-state index is 0.214. The topological polar surface area (TPSA) is 55.4 Å². The van der Waals surface area contributed by atoms with Crippen LogP contribution in [0.5, 0.6) is 0 Å². The molecular weight excluding hydrogens is 350 g/mol. The molecule has 0 radical (unpaired) electrons. The molecule has 1 heterocycles. The summed E-state index contributed by atoms with van der Waals surface area (Å²) in [6.07, 6.45) is 0.646. The fourth-order valence-corrected chi connectivity index (χ4v) is 4.57. The third-order valence-electron chi connectivity index (χ3n) is 1.85. The fourth-order valence-electron chi connectivity index (χ4n) is 1.06. The van der Waals surface area contributed by atoms with Gasteiger partial charge in [-0.25, -0.2) is 13.1 Å². The zero-order chi connectivity index (χ0) is 12.9. The molecule has 17 heavy (non-hydrogen) atoms. The van der Waals surface area contributed by atoms with Crippen LogP contribution in [0.1, 0.15) is 13.3 Å². The Balaban J connectivity index is 2.51. The van der Waals surface area contributed by atoms with Crippen LogP contribution in [0.15, 0.2) is 14.1 Å². The molecule has 1 aromatic rings. The zero-order valence-electron chi connectivity index (χ0n) is 9.20. The van der Waals surface area contributed by atoms with Gasteiger partial charge in [0.1, 0.15) is 4.21 Å². The molecule has 0 atom stereocenters. The second-order valence-electron chi connectivity index (χ2n) is 3.14. The van der Waals surface area contributed by atoms with Gasteiger partial charge >= 0.3 is 0 Å². The Hall–Kier alpha value is 0.340. The van der Waals surface area contributed by atoms with Gasteiger partial charge in [0.25, 0.3) is 0 Å². The van der Waals surface area contributed by atoms with Crippen molar-refractivity contribution in [3.05, 3.63) is 14.9 Å². The lowest BCUT2D eigenvalue weighted by molar-refractivity contribution is 0.146. The Morgan fingerprint density at radius 1 is 1.59 bits per heavy atom. The third kappa shape index (κ3) is 4.84. The van der Waals surface area contributed by atoms with Crippen molar-refractivity contribution in [2.45, 2.75) is 17.6 Å². The molecule has 98 valence electrons. The Bertz CT molecular complexity index is 441. The van der Waals surface area contributed by atoms with Crippen LogP contribution < -0.4 is 4.72 Å². The molecule has 1 aromatic heterocycles. The van der Waals surface area contributed by atoms with E-state index in [1.807, 2.05) is 6.92 Å². The van der Waals surface area contributed by atoms with Crippen LogP contribution in [-0.2, 0) is 14.8 Å². The summed E-state index contributed by atoms with van der Waals surface area (Å²) in [7, 11) is -3.45. The maximum absolute atomic E-state index is 11.8. The van der Waals surface area contributed by atoms with Crippen LogP contribution in [-0.4, -0.2) is 28.2 Å². The summed E-state index contributed by atoms with van der Waals surface area (Å²) < 4.78 is 32.1. The van der Waals surface area contributed by atoms with Gasteiger partial charge in [-0.2, -0.15) is 0 Å². The molecule has 0 fully saturated rings. The first-order valence-electron chi connectivity index (χ1n) is 4.99. The molecule has 0 saturated heterocycles. The van der Waals surface area contributed by atoms with Crippen molar-refractivity contribution in [2.75, 3.05) is 19.8 Å². The van der Waals surface area contributed by atoms with E-state index in [-0.39, 0.29) is 4.21 Å². The summed E-state index contributed by atoms with van der Waals surface area (Å²) in [6.45, 7) is 3.44.